The van der Waals surface area contributed by atoms with Gasteiger partial charge in [-0.05, 0) is 61.7 Å². The van der Waals surface area contributed by atoms with Gasteiger partial charge >= 0.3 is 0 Å². The van der Waals surface area contributed by atoms with E-state index >= 15 is 0 Å². The van der Waals surface area contributed by atoms with E-state index in [2.05, 4.69) is 15.8 Å². The molecule has 0 bridgehead atoms. The van der Waals surface area contributed by atoms with E-state index in [1.165, 1.54) is 39.9 Å². The standard InChI is InChI=1S/C19H20N4O3S2/c1-13-4-9-16-17(12-13)27-19(20-16)22-21-18(24)14-5-7-15(8-6-14)28(25,26)23-10-2-3-11-23/h4-9,12H,2-3,10-11H2,1H3,(H,20,22)(H,21,24). The number of rotatable bonds is 5. The lowest BCUT2D eigenvalue weighted by Crippen LogP contribution is -2.30. The number of nitrogens with one attached hydrogen (secondary N) is 2. The second-order valence-electron chi connectivity index (χ2n) is 6.70. The molecular formula is C19H20N4O3S2. The summed E-state index contributed by atoms with van der Waals surface area (Å²) in [7, 11) is -3.48. The van der Waals surface area contributed by atoms with Crippen molar-refractivity contribution in [1.29, 1.82) is 0 Å². The highest BCUT2D eigenvalue weighted by atomic mass is 32.2. The van der Waals surface area contributed by atoms with Gasteiger partial charge < -0.3 is 0 Å². The average Bonchev–Trinajstić information content (AvgIpc) is 3.36. The number of aryl methyl sites for hydroxylation is 1. The average molecular weight is 417 g/mol. The highest BCUT2D eigenvalue weighted by Crippen LogP contribution is 2.26. The van der Waals surface area contributed by atoms with E-state index in [4.69, 9.17) is 0 Å². The number of hydrazine groups is 1. The third kappa shape index (κ3) is 3.73. The molecule has 0 saturated carbocycles. The van der Waals surface area contributed by atoms with Crippen LogP contribution in [0.2, 0.25) is 0 Å². The van der Waals surface area contributed by atoms with Crippen molar-refractivity contribution in [3.8, 4) is 0 Å². The lowest BCUT2D eigenvalue weighted by molar-refractivity contribution is 0.0962. The number of thiazole rings is 1. The van der Waals surface area contributed by atoms with Crippen molar-refractivity contribution < 1.29 is 13.2 Å². The van der Waals surface area contributed by atoms with Gasteiger partial charge in [0.1, 0.15) is 0 Å². The Morgan fingerprint density at radius 2 is 1.82 bits per heavy atom. The van der Waals surface area contributed by atoms with Gasteiger partial charge in [-0.3, -0.25) is 15.6 Å². The minimum Gasteiger partial charge on any atom is -0.273 e. The monoisotopic (exact) mass is 416 g/mol. The highest BCUT2D eigenvalue weighted by molar-refractivity contribution is 7.89. The maximum absolute atomic E-state index is 12.5. The summed E-state index contributed by atoms with van der Waals surface area (Å²) in [5.74, 6) is -0.361. The smallest absolute Gasteiger partial charge is 0.269 e. The second-order valence-corrected chi connectivity index (χ2v) is 9.67. The molecule has 1 amide bonds. The molecular weight excluding hydrogens is 396 g/mol. The molecule has 1 aliphatic heterocycles. The number of amides is 1. The van der Waals surface area contributed by atoms with Crippen LogP contribution in [0.4, 0.5) is 5.13 Å². The van der Waals surface area contributed by atoms with Gasteiger partial charge in [0.05, 0.1) is 15.1 Å². The molecule has 1 aliphatic rings. The van der Waals surface area contributed by atoms with E-state index in [9.17, 15) is 13.2 Å². The third-order valence-corrected chi connectivity index (χ3v) is 7.49. The first-order chi connectivity index (χ1) is 13.4. The van der Waals surface area contributed by atoms with Crippen molar-refractivity contribution in [2.24, 2.45) is 0 Å². The summed E-state index contributed by atoms with van der Waals surface area (Å²) in [6, 6.07) is 11.9. The van der Waals surface area contributed by atoms with Crippen LogP contribution in [0.1, 0.15) is 28.8 Å². The Bertz CT molecular complexity index is 1120. The zero-order chi connectivity index (χ0) is 19.7. The van der Waals surface area contributed by atoms with Crippen LogP contribution in [-0.2, 0) is 10.0 Å². The lowest BCUT2D eigenvalue weighted by Gasteiger charge is -2.15. The van der Waals surface area contributed by atoms with E-state index in [1.54, 1.807) is 0 Å². The predicted octanol–water partition coefficient (Wildman–Crippen LogP) is 3.15. The van der Waals surface area contributed by atoms with Crippen LogP contribution in [0.15, 0.2) is 47.4 Å². The Morgan fingerprint density at radius 3 is 2.54 bits per heavy atom. The van der Waals surface area contributed by atoms with Gasteiger partial charge in [-0.2, -0.15) is 4.31 Å². The fraction of sp³-hybridized carbons (Fsp3) is 0.263. The number of hydrogen-bond donors (Lipinski definition) is 2. The topological polar surface area (TPSA) is 91.4 Å². The van der Waals surface area contributed by atoms with Crippen LogP contribution in [0, 0.1) is 6.92 Å². The second kappa shape index (κ2) is 7.50. The van der Waals surface area contributed by atoms with E-state index in [0.717, 1.165) is 28.6 Å². The Labute approximate surface area is 167 Å². The largest absolute Gasteiger partial charge is 0.273 e. The Morgan fingerprint density at radius 1 is 1.11 bits per heavy atom. The number of nitrogens with zero attached hydrogens (tertiary/aromatic N) is 2. The van der Waals surface area contributed by atoms with Crippen molar-refractivity contribution in [3.63, 3.8) is 0 Å². The number of aromatic nitrogens is 1. The molecule has 0 unspecified atom stereocenters. The van der Waals surface area contributed by atoms with Gasteiger partial charge in [0.25, 0.3) is 5.91 Å². The fourth-order valence-electron chi connectivity index (χ4n) is 3.12. The summed E-state index contributed by atoms with van der Waals surface area (Å²) in [5.41, 5.74) is 7.81. The Balaban J connectivity index is 1.43. The number of sulfonamides is 1. The first-order valence-corrected chi connectivity index (χ1v) is 11.2. The van der Waals surface area contributed by atoms with Gasteiger partial charge in [-0.15, -0.1) is 0 Å². The lowest BCUT2D eigenvalue weighted by atomic mass is 10.2. The number of anilines is 1. The molecule has 9 heteroatoms. The zero-order valence-electron chi connectivity index (χ0n) is 15.3. The van der Waals surface area contributed by atoms with Crippen molar-refractivity contribution in [1.82, 2.24) is 14.7 Å². The van der Waals surface area contributed by atoms with Crippen LogP contribution in [-0.4, -0.2) is 36.7 Å². The summed E-state index contributed by atoms with van der Waals surface area (Å²) in [4.78, 5) is 17.0. The van der Waals surface area contributed by atoms with Gasteiger partial charge in [-0.25, -0.2) is 13.4 Å². The van der Waals surface area contributed by atoms with Crippen LogP contribution in [0.25, 0.3) is 10.2 Å². The predicted molar refractivity (Wildman–Crippen MR) is 110 cm³/mol. The number of fused-ring (bicyclic) bond motifs is 1. The molecule has 0 radical (unpaired) electrons. The minimum absolute atomic E-state index is 0.209. The Hall–Kier alpha value is -2.49. The van der Waals surface area contributed by atoms with Crippen LogP contribution >= 0.6 is 11.3 Å². The van der Waals surface area contributed by atoms with Crippen molar-refractivity contribution >= 4 is 42.6 Å². The first kappa shape index (κ1) is 18.9. The van der Waals surface area contributed by atoms with Crippen LogP contribution in [0.3, 0.4) is 0 Å². The molecule has 0 spiro atoms. The molecule has 4 rings (SSSR count). The van der Waals surface area contributed by atoms with Gasteiger partial charge in [0.15, 0.2) is 0 Å². The Kier molecular flexibility index (Phi) is 5.05. The molecule has 1 aromatic heterocycles. The normalized spacial score (nSPS) is 15.0. The highest BCUT2D eigenvalue weighted by Gasteiger charge is 2.27. The fourth-order valence-corrected chi connectivity index (χ4v) is 5.56. The molecule has 2 N–H and O–H groups in total. The quantitative estimate of drug-likeness (QED) is 0.624. The molecule has 28 heavy (non-hydrogen) atoms. The zero-order valence-corrected chi connectivity index (χ0v) is 16.9. The molecule has 0 atom stereocenters. The third-order valence-electron chi connectivity index (χ3n) is 4.65. The number of carbonyl (C=O) groups is 1. The summed E-state index contributed by atoms with van der Waals surface area (Å²) < 4.78 is 27.6. The minimum atomic E-state index is -3.48. The first-order valence-electron chi connectivity index (χ1n) is 8.97. The van der Waals surface area contributed by atoms with Crippen molar-refractivity contribution in [2.75, 3.05) is 18.5 Å². The molecule has 3 aromatic rings. The van der Waals surface area contributed by atoms with E-state index < -0.39 is 10.0 Å². The molecule has 0 aliphatic carbocycles. The van der Waals surface area contributed by atoms with Gasteiger partial charge in [0, 0.05) is 18.7 Å². The molecule has 146 valence electrons. The maximum Gasteiger partial charge on any atom is 0.269 e. The van der Waals surface area contributed by atoms with E-state index in [-0.39, 0.29) is 10.8 Å². The number of hydrogen-bond acceptors (Lipinski definition) is 6. The molecule has 7 nitrogen and oxygen atoms in total. The summed E-state index contributed by atoms with van der Waals surface area (Å²) in [6.45, 7) is 3.12. The molecule has 2 aromatic carbocycles. The van der Waals surface area contributed by atoms with Crippen LogP contribution in [0.5, 0.6) is 0 Å². The molecule has 2 heterocycles. The summed E-state index contributed by atoms with van der Waals surface area (Å²) in [6.07, 6.45) is 1.77. The molecule has 1 fully saturated rings. The number of carbonyl (C=O) groups excluding carboxylic acids is 1. The molecule has 1 saturated heterocycles. The summed E-state index contributed by atoms with van der Waals surface area (Å²) in [5, 5.41) is 0.585. The van der Waals surface area contributed by atoms with E-state index in [0.29, 0.717) is 23.8 Å². The van der Waals surface area contributed by atoms with Crippen LogP contribution < -0.4 is 10.9 Å². The van der Waals surface area contributed by atoms with Crippen molar-refractivity contribution in [3.05, 3.63) is 53.6 Å². The van der Waals surface area contributed by atoms with Gasteiger partial charge in [0.2, 0.25) is 15.2 Å². The maximum atomic E-state index is 12.5. The SMILES string of the molecule is Cc1ccc2nc(NNC(=O)c3ccc(S(=O)(=O)N4CCCC4)cc3)sc2c1. The van der Waals surface area contributed by atoms with E-state index in [1.807, 2.05) is 25.1 Å². The number of benzene rings is 2. The summed E-state index contributed by atoms with van der Waals surface area (Å²) >= 11 is 1.45. The van der Waals surface area contributed by atoms with Crippen molar-refractivity contribution in [2.45, 2.75) is 24.7 Å². The van der Waals surface area contributed by atoms with Gasteiger partial charge in [-0.1, -0.05) is 17.4 Å².